The number of nitrogens with zero attached hydrogens (tertiary/aromatic N) is 1. The summed E-state index contributed by atoms with van der Waals surface area (Å²) in [5.74, 6) is 3.89. The van der Waals surface area contributed by atoms with Gasteiger partial charge in [0.05, 0.1) is 21.8 Å². The average Bonchev–Trinajstić information content (AvgIpc) is 2.35. The van der Waals surface area contributed by atoms with Crippen LogP contribution >= 0.6 is 23.2 Å². The van der Waals surface area contributed by atoms with Gasteiger partial charge in [0, 0.05) is 11.8 Å². The van der Waals surface area contributed by atoms with E-state index in [0.717, 1.165) is 12.1 Å². The number of hydrogen-bond donors (Lipinski definition) is 2. The Kier molecular flexibility index (Phi) is 4.31. The molecule has 100 valence electrons. The molecular formula is C12H9Cl2F2N3. The van der Waals surface area contributed by atoms with Crippen molar-refractivity contribution in [2.75, 3.05) is 0 Å². The van der Waals surface area contributed by atoms with E-state index in [4.69, 9.17) is 29.0 Å². The number of rotatable bonds is 3. The second kappa shape index (κ2) is 5.79. The zero-order valence-corrected chi connectivity index (χ0v) is 11.0. The molecule has 0 spiro atoms. The fourth-order valence-corrected chi connectivity index (χ4v) is 2.21. The number of hydrogen-bond acceptors (Lipinski definition) is 3. The lowest BCUT2D eigenvalue weighted by Crippen LogP contribution is -2.31. The van der Waals surface area contributed by atoms with Crippen LogP contribution in [0.3, 0.4) is 0 Å². The predicted molar refractivity (Wildman–Crippen MR) is 69.8 cm³/mol. The van der Waals surface area contributed by atoms with Gasteiger partial charge in [0.1, 0.15) is 11.6 Å². The van der Waals surface area contributed by atoms with Crippen molar-refractivity contribution in [3.8, 4) is 0 Å². The van der Waals surface area contributed by atoms with Crippen molar-refractivity contribution in [3.05, 3.63) is 63.4 Å². The van der Waals surface area contributed by atoms with Crippen LogP contribution in [0.5, 0.6) is 0 Å². The monoisotopic (exact) mass is 303 g/mol. The summed E-state index contributed by atoms with van der Waals surface area (Å²) < 4.78 is 27.5. The van der Waals surface area contributed by atoms with Gasteiger partial charge >= 0.3 is 0 Å². The first-order valence-electron chi connectivity index (χ1n) is 5.25. The molecular weight excluding hydrogens is 295 g/mol. The fourth-order valence-electron chi connectivity index (χ4n) is 1.72. The van der Waals surface area contributed by atoms with Crippen molar-refractivity contribution in [2.45, 2.75) is 6.04 Å². The molecule has 2 rings (SSSR count). The van der Waals surface area contributed by atoms with Crippen LogP contribution in [0.2, 0.25) is 10.0 Å². The van der Waals surface area contributed by atoms with Crippen LogP contribution in [0.15, 0.2) is 30.5 Å². The molecule has 1 heterocycles. The summed E-state index contributed by atoms with van der Waals surface area (Å²) in [7, 11) is 0. The number of nitrogens with two attached hydrogens (primary N) is 1. The lowest BCUT2D eigenvalue weighted by atomic mass is 10.0. The first-order valence-corrected chi connectivity index (χ1v) is 6.01. The highest BCUT2D eigenvalue weighted by Gasteiger charge is 2.24. The van der Waals surface area contributed by atoms with Crippen LogP contribution in [0.4, 0.5) is 8.78 Å². The minimum atomic E-state index is -1.01. The van der Waals surface area contributed by atoms with E-state index >= 15 is 0 Å². The third-order valence-electron chi connectivity index (χ3n) is 2.56. The molecule has 0 amide bonds. The molecule has 0 saturated carbocycles. The Labute approximate surface area is 118 Å². The molecule has 2 aromatic rings. The molecule has 0 aliphatic rings. The van der Waals surface area contributed by atoms with Crippen LogP contribution in [-0.4, -0.2) is 4.98 Å². The Morgan fingerprint density at radius 2 is 1.84 bits per heavy atom. The van der Waals surface area contributed by atoms with Gasteiger partial charge in [-0.1, -0.05) is 29.3 Å². The van der Waals surface area contributed by atoms with Crippen molar-refractivity contribution in [3.63, 3.8) is 0 Å². The Bertz CT molecular complexity index is 587. The number of hydrazine groups is 1. The van der Waals surface area contributed by atoms with Gasteiger partial charge in [-0.3, -0.25) is 10.8 Å². The van der Waals surface area contributed by atoms with E-state index in [2.05, 4.69) is 10.4 Å². The molecule has 0 aliphatic carbocycles. The van der Waals surface area contributed by atoms with E-state index in [0.29, 0.717) is 5.02 Å². The van der Waals surface area contributed by atoms with Crippen molar-refractivity contribution in [1.82, 2.24) is 10.4 Å². The van der Waals surface area contributed by atoms with Gasteiger partial charge in [0.15, 0.2) is 0 Å². The average molecular weight is 304 g/mol. The van der Waals surface area contributed by atoms with Gasteiger partial charge in [0.25, 0.3) is 0 Å². The molecule has 0 fully saturated rings. The Morgan fingerprint density at radius 1 is 1.21 bits per heavy atom. The van der Waals surface area contributed by atoms with E-state index in [1.54, 1.807) is 0 Å². The SMILES string of the molecule is NNC(c1ncc(Cl)cc1Cl)c1c(F)cccc1F. The predicted octanol–water partition coefficient (Wildman–Crippen LogP) is 3.22. The van der Waals surface area contributed by atoms with Crippen molar-refractivity contribution < 1.29 is 8.78 Å². The first-order chi connectivity index (χ1) is 9.04. The number of benzene rings is 1. The number of aromatic nitrogens is 1. The largest absolute Gasteiger partial charge is 0.271 e. The lowest BCUT2D eigenvalue weighted by molar-refractivity contribution is 0.505. The van der Waals surface area contributed by atoms with Gasteiger partial charge in [0.2, 0.25) is 0 Å². The highest BCUT2D eigenvalue weighted by atomic mass is 35.5. The van der Waals surface area contributed by atoms with E-state index in [9.17, 15) is 8.78 Å². The molecule has 0 aliphatic heterocycles. The van der Waals surface area contributed by atoms with E-state index in [-0.39, 0.29) is 16.3 Å². The summed E-state index contributed by atoms with van der Waals surface area (Å²) in [6, 6.07) is 3.94. The van der Waals surface area contributed by atoms with Crippen LogP contribution in [0.25, 0.3) is 0 Å². The highest BCUT2D eigenvalue weighted by Crippen LogP contribution is 2.30. The Morgan fingerprint density at radius 3 is 2.37 bits per heavy atom. The van der Waals surface area contributed by atoms with Gasteiger partial charge in [-0.15, -0.1) is 0 Å². The van der Waals surface area contributed by atoms with Gasteiger partial charge in [-0.05, 0) is 18.2 Å². The molecule has 1 aromatic heterocycles. The van der Waals surface area contributed by atoms with Crippen molar-refractivity contribution in [1.29, 1.82) is 0 Å². The molecule has 19 heavy (non-hydrogen) atoms. The molecule has 7 heteroatoms. The third-order valence-corrected chi connectivity index (χ3v) is 3.07. The maximum absolute atomic E-state index is 13.8. The molecule has 1 unspecified atom stereocenters. The quantitative estimate of drug-likeness (QED) is 0.676. The summed E-state index contributed by atoms with van der Waals surface area (Å²) in [6.45, 7) is 0. The normalized spacial score (nSPS) is 12.5. The van der Waals surface area contributed by atoms with Gasteiger partial charge < -0.3 is 0 Å². The van der Waals surface area contributed by atoms with Gasteiger partial charge in [-0.2, -0.15) is 0 Å². The minimum absolute atomic E-state index is 0.165. The summed E-state index contributed by atoms with van der Waals surface area (Å²) >= 11 is 11.7. The van der Waals surface area contributed by atoms with Crippen LogP contribution in [0.1, 0.15) is 17.3 Å². The highest BCUT2D eigenvalue weighted by molar-refractivity contribution is 6.34. The zero-order valence-electron chi connectivity index (χ0n) is 9.50. The number of pyridine rings is 1. The van der Waals surface area contributed by atoms with Crippen LogP contribution in [-0.2, 0) is 0 Å². The summed E-state index contributed by atoms with van der Waals surface area (Å²) in [6.07, 6.45) is 1.33. The van der Waals surface area contributed by atoms with Crippen LogP contribution < -0.4 is 11.3 Å². The van der Waals surface area contributed by atoms with E-state index in [1.165, 1.54) is 18.3 Å². The summed E-state index contributed by atoms with van der Waals surface area (Å²) in [5.41, 5.74) is 2.25. The summed E-state index contributed by atoms with van der Waals surface area (Å²) in [5, 5.41) is 0.483. The second-order valence-corrected chi connectivity index (χ2v) is 4.60. The smallest absolute Gasteiger partial charge is 0.131 e. The molecule has 3 N–H and O–H groups in total. The van der Waals surface area contributed by atoms with Crippen molar-refractivity contribution >= 4 is 23.2 Å². The van der Waals surface area contributed by atoms with Gasteiger partial charge in [-0.25, -0.2) is 14.2 Å². The molecule has 1 atom stereocenters. The van der Waals surface area contributed by atoms with E-state index in [1.807, 2.05) is 0 Å². The Hall–Kier alpha value is -1.27. The van der Waals surface area contributed by atoms with Crippen molar-refractivity contribution in [2.24, 2.45) is 5.84 Å². The first kappa shape index (κ1) is 14.1. The third kappa shape index (κ3) is 2.84. The molecule has 0 bridgehead atoms. The summed E-state index contributed by atoms with van der Waals surface area (Å²) in [4.78, 5) is 3.97. The minimum Gasteiger partial charge on any atom is -0.271 e. The molecule has 0 radical (unpaired) electrons. The van der Waals surface area contributed by atoms with Crippen LogP contribution in [0, 0.1) is 11.6 Å². The number of halogens is 4. The maximum Gasteiger partial charge on any atom is 0.131 e. The fraction of sp³-hybridized carbons (Fsp3) is 0.0833. The second-order valence-electron chi connectivity index (χ2n) is 3.76. The van der Waals surface area contributed by atoms with E-state index < -0.39 is 17.7 Å². The lowest BCUT2D eigenvalue weighted by Gasteiger charge is -2.18. The molecule has 0 saturated heterocycles. The molecule has 3 nitrogen and oxygen atoms in total. The topological polar surface area (TPSA) is 50.9 Å². The Balaban J connectivity index is 2.56. The molecule has 1 aromatic carbocycles. The maximum atomic E-state index is 13.8. The standard InChI is InChI=1S/C12H9Cl2F2N3/c13-6-4-7(14)11(18-5-6)12(19-17)10-8(15)2-1-3-9(10)16/h1-5,12,19H,17H2. The number of nitrogens with one attached hydrogen (secondary N) is 1. The zero-order chi connectivity index (χ0) is 14.0.